The van der Waals surface area contributed by atoms with Gasteiger partial charge in [0.25, 0.3) is 16.0 Å². The van der Waals surface area contributed by atoms with Crippen LogP contribution < -0.4 is 5.32 Å². The van der Waals surface area contributed by atoms with Gasteiger partial charge in [0.2, 0.25) is 0 Å². The van der Waals surface area contributed by atoms with E-state index in [1.165, 1.54) is 23.0 Å². The van der Waals surface area contributed by atoms with Gasteiger partial charge >= 0.3 is 0 Å². The van der Waals surface area contributed by atoms with Crippen LogP contribution in [0.4, 0.5) is 10.1 Å². The highest BCUT2D eigenvalue weighted by atomic mass is 79.9. The van der Waals surface area contributed by atoms with Crippen molar-refractivity contribution in [2.45, 2.75) is 20.4 Å². The Bertz CT molecular complexity index is 912. The lowest BCUT2D eigenvalue weighted by atomic mass is 10.2. The minimum Gasteiger partial charge on any atom is -0.318 e. The molecule has 136 valence electrons. The molecule has 2 rings (SSSR count). The summed E-state index contributed by atoms with van der Waals surface area (Å²) in [5.74, 6) is -1.12. The predicted molar refractivity (Wildman–Crippen MR) is 94.6 cm³/mol. The van der Waals surface area contributed by atoms with E-state index in [1.807, 2.05) is 0 Å². The van der Waals surface area contributed by atoms with Gasteiger partial charge in [0.15, 0.2) is 0 Å². The van der Waals surface area contributed by atoms with Gasteiger partial charge in [0.05, 0.1) is 31.3 Å². The average Bonchev–Trinajstić information content (AvgIpc) is 2.84. The summed E-state index contributed by atoms with van der Waals surface area (Å²) in [5.41, 5.74) is 1.59. The Labute approximate surface area is 153 Å². The topological polar surface area (TPSA) is 90.3 Å². The molecule has 1 N–H and O–H groups in total. The number of anilines is 1. The standard InChI is InChI=1S/C15H17BrFN3O4S/c1-9-6-13(12(17)7-11(9)16)19-15(21)14-10(2)8-18-20(14)4-5-24-25(3,22)23/h6-8H,4-5H2,1-3H3,(H,19,21). The number of nitrogens with one attached hydrogen (secondary N) is 1. The Kier molecular flexibility index (Phi) is 5.96. The number of amides is 1. The summed E-state index contributed by atoms with van der Waals surface area (Å²) < 4.78 is 42.6. The van der Waals surface area contributed by atoms with Crippen LogP contribution in [0.5, 0.6) is 0 Å². The third-order valence-corrected chi connectivity index (χ3v) is 4.78. The summed E-state index contributed by atoms with van der Waals surface area (Å²) in [5, 5.41) is 6.55. The molecule has 0 radical (unpaired) electrons. The zero-order chi connectivity index (χ0) is 18.8. The third-order valence-electron chi connectivity index (χ3n) is 3.33. The normalized spacial score (nSPS) is 11.6. The van der Waals surface area contributed by atoms with Crippen molar-refractivity contribution in [1.29, 1.82) is 0 Å². The molecule has 0 aliphatic carbocycles. The number of benzene rings is 1. The van der Waals surface area contributed by atoms with Crippen LogP contribution in [0.3, 0.4) is 0 Å². The number of hydrogen-bond donors (Lipinski definition) is 1. The maximum absolute atomic E-state index is 14.0. The number of halogens is 2. The molecule has 10 heteroatoms. The minimum absolute atomic E-state index is 0.0465. The van der Waals surface area contributed by atoms with Crippen molar-refractivity contribution in [2.24, 2.45) is 0 Å². The summed E-state index contributed by atoms with van der Waals surface area (Å²) in [6.45, 7) is 3.35. The lowest BCUT2D eigenvalue weighted by Gasteiger charge is -2.11. The molecule has 0 unspecified atom stereocenters. The molecule has 0 aliphatic heterocycles. The van der Waals surface area contributed by atoms with Crippen molar-refractivity contribution < 1.29 is 21.8 Å². The molecule has 0 saturated heterocycles. The summed E-state index contributed by atoms with van der Waals surface area (Å²) in [6, 6.07) is 2.79. The van der Waals surface area contributed by atoms with Gasteiger partial charge in [-0.1, -0.05) is 15.9 Å². The molecule has 25 heavy (non-hydrogen) atoms. The van der Waals surface area contributed by atoms with Crippen molar-refractivity contribution in [3.63, 3.8) is 0 Å². The van der Waals surface area contributed by atoms with Crippen LogP contribution in [0.15, 0.2) is 22.8 Å². The summed E-state index contributed by atoms with van der Waals surface area (Å²) in [7, 11) is -3.58. The number of carbonyl (C=O) groups excluding carboxylic acids is 1. The van der Waals surface area contributed by atoms with E-state index < -0.39 is 21.8 Å². The van der Waals surface area contributed by atoms with Crippen molar-refractivity contribution in [3.8, 4) is 0 Å². The second-order valence-electron chi connectivity index (χ2n) is 5.46. The van der Waals surface area contributed by atoms with E-state index in [4.69, 9.17) is 0 Å². The van der Waals surface area contributed by atoms with Gasteiger partial charge in [0, 0.05) is 4.47 Å². The Hall–Kier alpha value is -1.78. The number of carbonyl (C=O) groups is 1. The zero-order valence-corrected chi connectivity index (χ0v) is 16.2. The first-order valence-electron chi connectivity index (χ1n) is 7.22. The molecule has 1 aromatic carbocycles. The van der Waals surface area contributed by atoms with Crippen LogP contribution in [-0.2, 0) is 20.8 Å². The molecule has 0 fully saturated rings. The highest BCUT2D eigenvalue weighted by Crippen LogP contribution is 2.24. The minimum atomic E-state index is -3.58. The van der Waals surface area contributed by atoms with Gasteiger partial charge in [-0.3, -0.25) is 13.7 Å². The number of hydrogen-bond acceptors (Lipinski definition) is 5. The van der Waals surface area contributed by atoms with Crippen molar-refractivity contribution in [1.82, 2.24) is 9.78 Å². The number of aryl methyl sites for hydroxylation is 2. The van der Waals surface area contributed by atoms with Crippen LogP contribution in [0.1, 0.15) is 21.6 Å². The molecule has 0 saturated carbocycles. The maximum Gasteiger partial charge on any atom is 0.274 e. The van der Waals surface area contributed by atoms with E-state index in [-0.39, 0.29) is 24.5 Å². The highest BCUT2D eigenvalue weighted by molar-refractivity contribution is 9.10. The van der Waals surface area contributed by atoms with Crippen LogP contribution >= 0.6 is 15.9 Å². The monoisotopic (exact) mass is 433 g/mol. The van der Waals surface area contributed by atoms with Crippen LogP contribution in [0, 0.1) is 19.7 Å². The first kappa shape index (κ1) is 19.5. The van der Waals surface area contributed by atoms with Gasteiger partial charge in [-0.25, -0.2) is 4.39 Å². The molecule has 1 amide bonds. The predicted octanol–water partition coefficient (Wildman–Crippen LogP) is 2.63. The highest BCUT2D eigenvalue weighted by Gasteiger charge is 2.18. The molecule has 0 bridgehead atoms. The quantitative estimate of drug-likeness (QED) is 0.707. The maximum atomic E-state index is 14.0. The van der Waals surface area contributed by atoms with E-state index in [0.717, 1.165) is 11.8 Å². The third kappa shape index (κ3) is 5.10. The average molecular weight is 434 g/mol. The second-order valence-corrected chi connectivity index (χ2v) is 7.96. The molecule has 0 atom stereocenters. The smallest absolute Gasteiger partial charge is 0.274 e. The Morgan fingerprint density at radius 1 is 1.36 bits per heavy atom. The Morgan fingerprint density at radius 2 is 2.04 bits per heavy atom. The van der Waals surface area contributed by atoms with E-state index in [2.05, 4.69) is 30.5 Å². The largest absolute Gasteiger partial charge is 0.318 e. The van der Waals surface area contributed by atoms with E-state index in [9.17, 15) is 17.6 Å². The second kappa shape index (κ2) is 7.63. The SMILES string of the molecule is Cc1cc(NC(=O)c2c(C)cnn2CCOS(C)(=O)=O)c(F)cc1Br. The fraction of sp³-hybridized carbons (Fsp3) is 0.333. The summed E-state index contributed by atoms with van der Waals surface area (Å²) in [6.07, 6.45) is 2.41. The van der Waals surface area contributed by atoms with Crippen molar-refractivity contribution >= 4 is 37.6 Å². The number of nitrogens with zero attached hydrogens (tertiary/aromatic N) is 2. The van der Waals surface area contributed by atoms with E-state index >= 15 is 0 Å². The van der Waals surface area contributed by atoms with E-state index in [1.54, 1.807) is 13.8 Å². The molecule has 7 nitrogen and oxygen atoms in total. The van der Waals surface area contributed by atoms with E-state index in [0.29, 0.717) is 10.0 Å². The van der Waals surface area contributed by atoms with Gasteiger partial charge < -0.3 is 5.32 Å². The van der Waals surface area contributed by atoms with Crippen LogP contribution in [0.2, 0.25) is 0 Å². The van der Waals surface area contributed by atoms with Crippen LogP contribution in [0.25, 0.3) is 0 Å². The summed E-state index contributed by atoms with van der Waals surface area (Å²) >= 11 is 3.22. The fourth-order valence-corrected chi connectivity index (χ4v) is 2.85. The first-order valence-corrected chi connectivity index (χ1v) is 9.83. The van der Waals surface area contributed by atoms with Gasteiger partial charge in [-0.2, -0.15) is 13.5 Å². The summed E-state index contributed by atoms with van der Waals surface area (Å²) in [4.78, 5) is 12.5. The molecule has 2 aromatic rings. The molecule has 1 aromatic heterocycles. The molecule has 1 heterocycles. The molecular weight excluding hydrogens is 417 g/mol. The van der Waals surface area contributed by atoms with Gasteiger partial charge in [-0.15, -0.1) is 0 Å². The molecule has 0 spiro atoms. The number of rotatable bonds is 6. The van der Waals surface area contributed by atoms with Gasteiger partial charge in [-0.05, 0) is 37.1 Å². The Morgan fingerprint density at radius 3 is 2.68 bits per heavy atom. The fourth-order valence-electron chi connectivity index (χ4n) is 2.15. The van der Waals surface area contributed by atoms with Crippen molar-refractivity contribution in [2.75, 3.05) is 18.2 Å². The number of aromatic nitrogens is 2. The Balaban J connectivity index is 2.19. The van der Waals surface area contributed by atoms with Crippen LogP contribution in [-0.4, -0.2) is 37.0 Å². The first-order chi connectivity index (χ1) is 11.6. The lowest BCUT2D eigenvalue weighted by molar-refractivity contribution is 0.101. The van der Waals surface area contributed by atoms with Gasteiger partial charge in [0.1, 0.15) is 11.5 Å². The molecule has 0 aliphatic rings. The van der Waals surface area contributed by atoms with Crippen molar-refractivity contribution in [3.05, 3.63) is 45.4 Å². The lowest BCUT2D eigenvalue weighted by Crippen LogP contribution is -2.21. The zero-order valence-electron chi connectivity index (χ0n) is 13.8. The molecular formula is C15H17BrFN3O4S.